The molecule has 0 aliphatic carbocycles. The van der Waals surface area contributed by atoms with Crippen LogP contribution in [0.1, 0.15) is 207 Å². The van der Waals surface area contributed by atoms with E-state index in [1.54, 1.807) is 0 Å². The first-order valence-electron chi connectivity index (χ1n) is 22.5. The summed E-state index contributed by atoms with van der Waals surface area (Å²) >= 11 is 0. The molecule has 1 amide bonds. The SMILES string of the molecule is CC/C=C\C/C=C\C/C=C\C/C=C\C/C=C\CC(CC(=O)NC(CO)C(O)CCCCCCCCCCCCC)OC(=O)CCCCCCCCCCC. The fourth-order valence-corrected chi connectivity index (χ4v) is 6.45. The van der Waals surface area contributed by atoms with E-state index >= 15 is 0 Å². The molecule has 6 nitrogen and oxygen atoms in total. The second-order valence-corrected chi connectivity index (χ2v) is 15.1. The summed E-state index contributed by atoms with van der Waals surface area (Å²) in [7, 11) is 0. The lowest BCUT2D eigenvalue weighted by atomic mass is 10.0. The van der Waals surface area contributed by atoms with E-state index in [4.69, 9.17) is 4.74 Å². The van der Waals surface area contributed by atoms with Gasteiger partial charge in [-0.2, -0.15) is 0 Å². The van der Waals surface area contributed by atoms with Gasteiger partial charge >= 0.3 is 5.97 Å². The normalized spacial score (nSPS) is 13.9. The van der Waals surface area contributed by atoms with Gasteiger partial charge in [0.1, 0.15) is 6.10 Å². The Morgan fingerprint density at radius 1 is 0.556 bits per heavy atom. The van der Waals surface area contributed by atoms with Crippen molar-refractivity contribution in [3.63, 3.8) is 0 Å². The Bertz CT molecular complexity index is 984. The summed E-state index contributed by atoms with van der Waals surface area (Å²) in [5.41, 5.74) is 0. The number of allylic oxidation sites excluding steroid dienone is 9. The average molecular weight is 756 g/mol. The molecule has 0 aliphatic heterocycles. The standard InChI is InChI=1S/C48H85NO5/c1-4-7-10-13-16-19-21-22-23-24-26-28-30-33-36-39-44(54-48(53)41-38-35-32-27-18-15-12-9-6-3)42-47(52)49-45(43-50)46(51)40-37-34-31-29-25-20-17-14-11-8-5-2/h7,10,16,19,22-23,26,28,33,36,44-46,50-51H,4-6,8-9,11-15,17-18,20-21,24-25,27,29-32,34-35,37-43H2,1-3H3,(H,49,52)/b10-7-,19-16-,23-22-,28-26-,36-33-. The number of unbranched alkanes of at least 4 members (excludes halogenated alkanes) is 18. The van der Waals surface area contributed by atoms with Crippen molar-refractivity contribution >= 4 is 11.9 Å². The summed E-state index contributed by atoms with van der Waals surface area (Å²) < 4.78 is 5.82. The lowest BCUT2D eigenvalue weighted by Crippen LogP contribution is -2.46. The molecule has 0 rings (SSSR count). The summed E-state index contributed by atoms with van der Waals surface area (Å²) in [6.45, 7) is 6.29. The van der Waals surface area contributed by atoms with Crippen LogP contribution in [0.4, 0.5) is 0 Å². The van der Waals surface area contributed by atoms with Gasteiger partial charge in [0.15, 0.2) is 0 Å². The number of aliphatic hydroxyl groups is 2. The van der Waals surface area contributed by atoms with Gasteiger partial charge in [0, 0.05) is 12.8 Å². The summed E-state index contributed by atoms with van der Waals surface area (Å²) in [5.74, 6) is -0.585. The lowest BCUT2D eigenvalue weighted by molar-refractivity contribution is -0.150. The fourth-order valence-electron chi connectivity index (χ4n) is 6.45. The van der Waals surface area contributed by atoms with E-state index in [1.807, 2.05) is 12.2 Å². The summed E-state index contributed by atoms with van der Waals surface area (Å²) in [6.07, 6.45) is 50.1. The van der Waals surface area contributed by atoms with Crippen molar-refractivity contribution < 1.29 is 24.5 Å². The van der Waals surface area contributed by atoms with Crippen molar-refractivity contribution in [2.45, 2.75) is 225 Å². The van der Waals surface area contributed by atoms with Gasteiger partial charge < -0.3 is 20.3 Å². The minimum absolute atomic E-state index is 0.000520. The highest BCUT2D eigenvalue weighted by Crippen LogP contribution is 2.16. The van der Waals surface area contributed by atoms with Crippen LogP contribution in [-0.4, -0.2) is 46.9 Å². The van der Waals surface area contributed by atoms with Crippen LogP contribution in [0.2, 0.25) is 0 Å². The first kappa shape index (κ1) is 51.6. The van der Waals surface area contributed by atoms with Crippen LogP contribution in [0, 0.1) is 0 Å². The number of hydrogen-bond acceptors (Lipinski definition) is 5. The van der Waals surface area contributed by atoms with E-state index in [-0.39, 0.29) is 24.9 Å². The molecular weight excluding hydrogens is 671 g/mol. The molecule has 0 heterocycles. The van der Waals surface area contributed by atoms with Crippen LogP contribution in [0.5, 0.6) is 0 Å². The topological polar surface area (TPSA) is 95.9 Å². The highest BCUT2D eigenvalue weighted by Gasteiger charge is 2.23. The number of carbonyl (C=O) groups is 2. The zero-order valence-electron chi connectivity index (χ0n) is 35.3. The number of nitrogens with one attached hydrogen (secondary N) is 1. The largest absolute Gasteiger partial charge is 0.461 e. The smallest absolute Gasteiger partial charge is 0.306 e. The van der Waals surface area contributed by atoms with Crippen LogP contribution < -0.4 is 5.32 Å². The summed E-state index contributed by atoms with van der Waals surface area (Å²) in [4.78, 5) is 25.9. The van der Waals surface area contributed by atoms with Gasteiger partial charge in [0.2, 0.25) is 5.91 Å². The van der Waals surface area contributed by atoms with Gasteiger partial charge in [-0.05, 0) is 44.9 Å². The lowest BCUT2D eigenvalue weighted by Gasteiger charge is -2.24. The third-order valence-electron chi connectivity index (χ3n) is 9.86. The van der Waals surface area contributed by atoms with E-state index in [0.29, 0.717) is 19.3 Å². The van der Waals surface area contributed by atoms with Crippen LogP contribution in [0.15, 0.2) is 60.8 Å². The second kappa shape index (κ2) is 41.7. The third kappa shape index (κ3) is 36.5. The maximum absolute atomic E-state index is 13.1. The van der Waals surface area contributed by atoms with Crippen molar-refractivity contribution in [2.24, 2.45) is 0 Å². The van der Waals surface area contributed by atoms with Gasteiger partial charge in [-0.1, -0.05) is 204 Å². The number of hydrogen-bond donors (Lipinski definition) is 3. The monoisotopic (exact) mass is 756 g/mol. The molecule has 0 aromatic heterocycles. The van der Waals surface area contributed by atoms with E-state index in [1.165, 1.54) is 89.9 Å². The number of ether oxygens (including phenoxy) is 1. The van der Waals surface area contributed by atoms with E-state index in [0.717, 1.165) is 70.6 Å². The molecule has 0 spiro atoms. The van der Waals surface area contributed by atoms with Gasteiger partial charge in [-0.15, -0.1) is 0 Å². The molecule has 0 bridgehead atoms. The number of aliphatic hydroxyl groups excluding tert-OH is 2. The van der Waals surface area contributed by atoms with Crippen LogP contribution in [-0.2, 0) is 14.3 Å². The molecule has 0 aromatic rings. The van der Waals surface area contributed by atoms with Crippen molar-refractivity contribution in [2.75, 3.05) is 6.61 Å². The molecule has 6 heteroatoms. The Hall–Kier alpha value is -2.44. The number of rotatable bonds is 39. The molecule has 3 unspecified atom stereocenters. The highest BCUT2D eigenvalue weighted by atomic mass is 16.5. The zero-order valence-corrected chi connectivity index (χ0v) is 35.3. The van der Waals surface area contributed by atoms with Crippen molar-refractivity contribution in [3.8, 4) is 0 Å². The maximum Gasteiger partial charge on any atom is 0.306 e. The third-order valence-corrected chi connectivity index (χ3v) is 9.86. The molecule has 312 valence electrons. The molecular formula is C48H85NO5. The first-order valence-corrected chi connectivity index (χ1v) is 22.5. The molecule has 3 atom stereocenters. The highest BCUT2D eigenvalue weighted by molar-refractivity contribution is 5.77. The van der Waals surface area contributed by atoms with Crippen molar-refractivity contribution in [1.29, 1.82) is 0 Å². The predicted molar refractivity (Wildman–Crippen MR) is 232 cm³/mol. The molecule has 3 N–H and O–H groups in total. The van der Waals surface area contributed by atoms with E-state index in [2.05, 4.69) is 74.7 Å². The number of carbonyl (C=O) groups excluding carboxylic acids is 2. The fraction of sp³-hybridized carbons (Fsp3) is 0.750. The Labute approximate surface area is 333 Å². The Morgan fingerprint density at radius 2 is 0.963 bits per heavy atom. The van der Waals surface area contributed by atoms with E-state index in [9.17, 15) is 19.8 Å². The molecule has 0 fully saturated rings. The van der Waals surface area contributed by atoms with Gasteiger partial charge in [0.05, 0.1) is 25.2 Å². The molecule has 0 aromatic carbocycles. The number of amides is 1. The Morgan fingerprint density at radius 3 is 1.41 bits per heavy atom. The second-order valence-electron chi connectivity index (χ2n) is 15.1. The van der Waals surface area contributed by atoms with Crippen molar-refractivity contribution in [3.05, 3.63) is 60.8 Å². The summed E-state index contributed by atoms with van der Waals surface area (Å²) in [6, 6.07) is -0.729. The zero-order chi connectivity index (χ0) is 39.6. The van der Waals surface area contributed by atoms with Crippen LogP contribution in [0.3, 0.4) is 0 Å². The predicted octanol–water partition coefficient (Wildman–Crippen LogP) is 12.9. The minimum atomic E-state index is -0.809. The average Bonchev–Trinajstić information content (AvgIpc) is 3.16. The van der Waals surface area contributed by atoms with Crippen molar-refractivity contribution in [1.82, 2.24) is 5.32 Å². The molecule has 54 heavy (non-hydrogen) atoms. The molecule has 0 saturated carbocycles. The van der Waals surface area contributed by atoms with Gasteiger partial charge in [0.25, 0.3) is 0 Å². The Balaban J connectivity index is 4.76. The quantitative estimate of drug-likeness (QED) is 0.0330. The van der Waals surface area contributed by atoms with Gasteiger partial charge in [-0.25, -0.2) is 0 Å². The van der Waals surface area contributed by atoms with Crippen LogP contribution >= 0.6 is 0 Å². The molecule has 0 saturated heterocycles. The minimum Gasteiger partial charge on any atom is -0.461 e. The van der Waals surface area contributed by atoms with Crippen LogP contribution in [0.25, 0.3) is 0 Å². The first-order chi connectivity index (χ1) is 26.5. The van der Waals surface area contributed by atoms with Gasteiger partial charge in [-0.3, -0.25) is 9.59 Å². The number of esters is 1. The summed E-state index contributed by atoms with van der Waals surface area (Å²) in [5, 5.41) is 23.6. The Kier molecular flexibility index (Phi) is 39.8. The molecule has 0 radical (unpaired) electrons. The maximum atomic E-state index is 13.1. The molecule has 0 aliphatic rings. The van der Waals surface area contributed by atoms with E-state index < -0.39 is 18.2 Å².